The molecule has 1 aromatic heterocycles. The van der Waals surface area contributed by atoms with E-state index in [1.54, 1.807) is 0 Å². The van der Waals surface area contributed by atoms with Gasteiger partial charge in [0.25, 0.3) is 0 Å². The van der Waals surface area contributed by atoms with Gasteiger partial charge in [-0.25, -0.2) is 0 Å². The Hall–Kier alpha value is -2.13. The molecule has 140 valence electrons. The van der Waals surface area contributed by atoms with Crippen molar-refractivity contribution in [3.05, 3.63) is 58.0 Å². The summed E-state index contributed by atoms with van der Waals surface area (Å²) in [5.74, 6) is 1.53. The third kappa shape index (κ3) is 2.15. The first-order chi connectivity index (χ1) is 12.6. The minimum Gasteiger partial charge on any atom is -0.459 e. The Labute approximate surface area is 160 Å². The van der Waals surface area contributed by atoms with Crippen LogP contribution >= 0.6 is 0 Å². The molecule has 1 aromatic carbocycles. The maximum atomic E-state index is 13.3. The molecule has 3 nitrogen and oxygen atoms in total. The van der Waals surface area contributed by atoms with Gasteiger partial charge in [0.15, 0.2) is 5.78 Å². The number of carbonyl (C=O) groups is 1. The lowest BCUT2D eigenvalue weighted by atomic mass is 9.71. The SMILES string of the molecule is CC(C)(C)C1O[C@H](C(C)(C)C)c2c3oc(c21)C1C(=O)c2ccccc2C=C31. The Morgan fingerprint density at radius 2 is 1.52 bits per heavy atom. The molecular weight excluding hydrogens is 336 g/mol. The third-order valence-electron chi connectivity index (χ3n) is 6.02. The van der Waals surface area contributed by atoms with Gasteiger partial charge in [-0.2, -0.15) is 0 Å². The fraction of sp³-hybridized carbons (Fsp3) is 0.458. The van der Waals surface area contributed by atoms with Crippen molar-refractivity contribution in [2.45, 2.75) is 59.7 Å². The number of carbonyl (C=O) groups excluding carboxylic acids is 1. The van der Waals surface area contributed by atoms with Gasteiger partial charge in [-0.15, -0.1) is 0 Å². The van der Waals surface area contributed by atoms with Crippen molar-refractivity contribution in [1.29, 1.82) is 0 Å². The fourth-order valence-corrected chi connectivity index (χ4v) is 4.83. The molecule has 3 heteroatoms. The first-order valence-electron chi connectivity index (χ1n) is 9.76. The van der Waals surface area contributed by atoms with Crippen LogP contribution in [-0.2, 0) is 4.74 Å². The highest BCUT2D eigenvalue weighted by Crippen LogP contribution is 2.63. The number of fused-ring (bicyclic) bond motifs is 9. The van der Waals surface area contributed by atoms with Crippen LogP contribution < -0.4 is 0 Å². The molecule has 2 aromatic rings. The van der Waals surface area contributed by atoms with E-state index in [4.69, 9.17) is 9.15 Å². The molecule has 2 bridgehead atoms. The van der Waals surface area contributed by atoms with E-state index < -0.39 is 0 Å². The molecule has 0 N–H and O–H groups in total. The molecule has 0 amide bonds. The van der Waals surface area contributed by atoms with Gasteiger partial charge < -0.3 is 9.15 Å². The first-order valence-corrected chi connectivity index (χ1v) is 9.76. The van der Waals surface area contributed by atoms with Gasteiger partial charge in [0.05, 0.1) is 12.2 Å². The summed E-state index contributed by atoms with van der Waals surface area (Å²) in [6, 6.07) is 7.83. The number of hydrogen-bond acceptors (Lipinski definition) is 3. The van der Waals surface area contributed by atoms with Gasteiger partial charge in [0.1, 0.15) is 17.4 Å². The number of hydrogen-bond donors (Lipinski definition) is 0. The van der Waals surface area contributed by atoms with Crippen LogP contribution in [0.3, 0.4) is 0 Å². The van der Waals surface area contributed by atoms with Crippen LogP contribution in [-0.4, -0.2) is 5.78 Å². The molecule has 3 aliphatic rings. The maximum Gasteiger partial charge on any atom is 0.178 e. The van der Waals surface area contributed by atoms with Gasteiger partial charge in [-0.3, -0.25) is 4.79 Å². The summed E-state index contributed by atoms with van der Waals surface area (Å²) in [6.07, 6.45) is 2.05. The van der Waals surface area contributed by atoms with Crippen LogP contribution in [0.4, 0.5) is 0 Å². The standard InChI is InChI=1S/C24H26O3/c1-23(2,3)21-16-17(22(27-21)24(4,5)6)20-15-14(19(16)26-20)11-12-9-7-8-10-13(12)18(15)25/h7-11,15,21-22H,1-6H3/t15?,21-,22?/m0/s1. The predicted octanol–water partition coefficient (Wildman–Crippen LogP) is 6.32. The summed E-state index contributed by atoms with van der Waals surface area (Å²) in [5.41, 5.74) is 4.98. The van der Waals surface area contributed by atoms with E-state index in [1.165, 1.54) is 5.56 Å². The Kier molecular flexibility index (Phi) is 3.16. The zero-order chi connectivity index (χ0) is 19.3. The zero-order valence-corrected chi connectivity index (χ0v) is 16.8. The van der Waals surface area contributed by atoms with Crippen LogP contribution in [0.15, 0.2) is 28.7 Å². The van der Waals surface area contributed by atoms with Crippen LogP contribution in [0.2, 0.25) is 0 Å². The number of rotatable bonds is 0. The van der Waals surface area contributed by atoms with Crippen molar-refractivity contribution in [3.8, 4) is 0 Å². The number of ether oxygens (including phenoxy) is 1. The lowest BCUT2D eigenvalue weighted by Crippen LogP contribution is -2.23. The van der Waals surface area contributed by atoms with Crippen molar-refractivity contribution in [3.63, 3.8) is 0 Å². The summed E-state index contributed by atoms with van der Waals surface area (Å²) in [5, 5.41) is 0. The minimum absolute atomic E-state index is 0.0293. The Morgan fingerprint density at radius 3 is 2.19 bits per heavy atom. The highest BCUT2D eigenvalue weighted by atomic mass is 16.5. The highest BCUT2D eigenvalue weighted by Gasteiger charge is 2.55. The second kappa shape index (κ2) is 5.02. The molecule has 2 aliphatic heterocycles. The average molecular weight is 362 g/mol. The van der Waals surface area contributed by atoms with Gasteiger partial charge in [0, 0.05) is 22.3 Å². The van der Waals surface area contributed by atoms with E-state index in [0.717, 1.165) is 33.8 Å². The Morgan fingerprint density at radius 1 is 0.889 bits per heavy atom. The van der Waals surface area contributed by atoms with Gasteiger partial charge in [-0.05, 0) is 22.5 Å². The largest absolute Gasteiger partial charge is 0.459 e. The van der Waals surface area contributed by atoms with E-state index in [-0.39, 0.29) is 34.7 Å². The molecule has 0 fully saturated rings. The molecule has 0 saturated carbocycles. The lowest BCUT2D eigenvalue weighted by molar-refractivity contribution is -0.0906. The van der Waals surface area contributed by atoms with Crippen LogP contribution in [0.25, 0.3) is 11.6 Å². The van der Waals surface area contributed by atoms with Gasteiger partial charge in [-0.1, -0.05) is 65.8 Å². The second-order valence-corrected chi connectivity index (χ2v) is 10.2. The van der Waals surface area contributed by atoms with E-state index in [1.807, 2.05) is 24.3 Å². The summed E-state index contributed by atoms with van der Waals surface area (Å²) in [4.78, 5) is 13.3. The molecule has 3 atom stereocenters. The molecule has 1 aliphatic carbocycles. The molecule has 0 radical (unpaired) electrons. The number of allylic oxidation sites excluding steroid dienone is 1. The molecule has 2 unspecified atom stereocenters. The van der Waals surface area contributed by atoms with Gasteiger partial charge >= 0.3 is 0 Å². The summed E-state index contributed by atoms with van der Waals surface area (Å²) in [6.45, 7) is 13.2. The molecule has 0 saturated heterocycles. The number of ketones is 1. The van der Waals surface area contributed by atoms with Crippen LogP contribution in [0.5, 0.6) is 0 Å². The molecule has 27 heavy (non-hydrogen) atoms. The normalized spacial score (nSPS) is 25.9. The topological polar surface area (TPSA) is 39.4 Å². The summed E-state index contributed by atoms with van der Waals surface area (Å²) >= 11 is 0. The predicted molar refractivity (Wildman–Crippen MR) is 106 cm³/mol. The average Bonchev–Trinajstić information content (AvgIpc) is 3.22. The van der Waals surface area contributed by atoms with Crippen LogP contribution in [0.1, 0.15) is 98.2 Å². The number of furan rings is 1. The highest BCUT2D eigenvalue weighted by molar-refractivity contribution is 6.17. The lowest BCUT2D eigenvalue weighted by Gasteiger charge is -2.32. The quantitative estimate of drug-likeness (QED) is 0.550. The summed E-state index contributed by atoms with van der Waals surface area (Å²) < 4.78 is 13.0. The fourth-order valence-electron chi connectivity index (χ4n) is 4.83. The van der Waals surface area contributed by atoms with E-state index in [2.05, 4.69) is 47.6 Å². The van der Waals surface area contributed by atoms with Crippen molar-refractivity contribution in [1.82, 2.24) is 0 Å². The van der Waals surface area contributed by atoms with Crippen molar-refractivity contribution in [2.75, 3.05) is 0 Å². The smallest absolute Gasteiger partial charge is 0.178 e. The second-order valence-electron chi connectivity index (χ2n) is 10.2. The Balaban J connectivity index is 1.76. The number of Topliss-reactive ketones (excluding diaryl/α,β-unsaturated/α-hetero) is 1. The van der Waals surface area contributed by atoms with Crippen molar-refractivity contribution in [2.24, 2.45) is 10.8 Å². The molecular formula is C24H26O3. The minimum atomic E-state index is -0.305. The summed E-state index contributed by atoms with van der Waals surface area (Å²) in [7, 11) is 0. The zero-order valence-electron chi connectivity index (χ0n) is 16.8. The van der Waals surface area contributed by atoms with E-state index in [9.17, 15) is 4.79 Å². The van der Waals surface area contributed by atoms with Crippen LogP contribution in [0, 0.1) is 10.8 Å². The Bertz CT molecular complexity index is 1010. The van der Waals surface area contributed by atoms with E-state index >= 15 is 0 Å². The van der Waals surface area contributed by atoms with Crippen molar-refractivity contribution >= 4 is 17.4 Å². The molecule has 0 spiro atoms. The monoisotopic (exact) mass is 362 g/mol. The van der Waals surface area contributed by atoms with Crippen molar-refractivity contribution < 1.29 is 13.9 Å². The van der Waals surface area contributed by atoms with E-state index in [0.29, 0.717) is 0 Å². The maximum absolute atomic E-state index is 13.3. The molecule has 3 heterocycles. The molecule has 5 rings (SSSR count). The number of benzene rings is 1. The third-order valence-corrected chi connectivity index (χ3v) is 6.02. The first kappa shape index (κ1) is 17.0. The van der Waals surface area contributed by atoms with Gasteiger partial charge in [0.2, 0.25) is 0 Å².